The Labute approximate surface area is 292 Å². The Bertz CT molecular complexity index is 1070. The van der Waals surface area contributed by atoms with Gasteiger partial charge in [-0.3, -0.25) is 28.8 Å². The Morgan fingerprint density at radius 2 is 1.39 bits per heavy atom. The van der Waals surface area contributed by atoms with E-state index in [4.69, 9.17) is 10.5 Å². The number of carbonyl (C=O) groups excluding carboxylic acids is 6. The second kappa shape index (κ2) is 23.2. The number of nitrogens with zero attached hydrogens (tertiary/aromatic N) is 1. The first-order valence-corrected chi connectivity index (χ1v) is 18.3. The van der Waals surface area contributed by atoms with Crippen molar-refractivity contribution in [3.8, 4) is 0 Å². The lowest BCUT2D eigenvalue weighted by Crippen LogP contribution is -2.62. The zero-order valence-corrected chi connectivity index (χ0v) is 30.8. The Morgan fingerprint density at radius 1 is 0.796 bits per heavy atom. The fourth-order valence-corrected chi connectivity index (χ4v) is 5.88. The van der Waals surface area contributed by atoms with Gasteiger partial charge in [0.25, 0.3) is 0 Å². The lowest BCUT2D eigenvalue weighted by molar-refractivity contribution is -0.157. The van der Waals surface area contributed by atoms with E-state index in [2.05, 4.69) is 28.2 Å². The molecule has 1 rings (SSSR count). The highest BCUT2D eigenvalue weighted by Gasteiger charge is 2.38. The summed E-state index contributed by atoms with van der Waals surface area (Å²) < 4.78 is 5.78. The maximum absolute atomic E-state index is 13.9. The van der Waals surface area contributed by atoms with E-state index in [0.29, 0.717) is 32.1 Å². The van der Waals surface area contributed by atoms with Gasteiger partial charge in [0.2, 0.25) is 29.5 Å². The molecule has 0 aromatic rings. The van der Waals surface area contributed by atoms with E-state index < -0.39 is 84.3 Å². The first-order valence-electron chi connectivity index (χ1n) is 18.3. The van der Waals surface area contributed by atoms with Crippen molar-refractivity contribution < 1.29 is 38.6 Å². The summed E-state index contributed by atoms with van der Waals surface area (Å²) in [6.07, 6.45) is 8.07. The van der Waals surface area contributed by atoms with Crippen molar-refractivity contribution >= 4 is 35.5 Å². The van der Waals surface area contributed by atoms with Crippen LogP contribution >= 0.6 is 0 Å². The molecule has 0 bridgehead atoms. The van der Waals surface area contributed by atoms with Crippen molar-refractivity contribution in [2.24, 2.45) is 17.6 Å². The minimum atomic E-state index is -1.48. The normalized spacial score (nSPS) is 26.7. The number of nitrogens with two attached hydrogens (primary N) is 1. The number of amides is 5. The van der Waals surface area contributed by atoms with Gasteiger partial charge in [-0.05, 0) is 32.1 Å². The van der Waals surface area contributed by atoms with Crippen LogP contribution in [0, 0.1) is 11.8 Å². The lowest BCUT2D eigenvalue weighted by atomic mass is 9.95. The molecule has 7 N–H and O–H groups in total. The number of ether oxygens (including phenoxy) is 1. The van der Waals surface area contributed by atoms with Crippen molar-refractivity contribution in [3.63, 3.8) is 0 Å². The van der Waals surface area contributed by atoms with Crippen molar-refractivity contribution in [2.75, 3.05) is 20.1 Å². The summed E-state index contributed by atoms with van der Waals surface area (Å²) in [6.45, 7) is 9.72. The quantitative estimate of drug-likeness (QED) is 0.109. The zero-order valence-electron chi connectivity index (χ0n) is 30.8. The van der Waals surface area contributed by atoms with Crippen molar-refractivity contribution in [2.45, 2.75) is 155 Å². The Kier molecular flexibility index (Phi) is 20.7. The number of nitrogens with one attached hydrogen (secondary N) is 4. The maximum Gasteiger partial charge on any atom is 0.325 e. The topological polar surface area (TPSA) is 209 Å². The van der Waals surface area contributed by atoms with E-state index in [9.17, 15) is 33.9 Å². The van der Waals surface area contributed by atoms with Crippen LogP contribution < -0.4 is 27.0 Å². The molecule has 0 spiro atoms. The molecule has 0 unspecified atom stereocenters. The van der Waals surface area contributed by atoms with E-state index >= 15 is 0 Å². The summed E-state index contributed by atoms with van der Waals surface area (Å²) in [5.41, 5.74) is 5.81. The van der Waals surface area contributed by atoms with E-state index in [1.807, 2.05) is 13.8 Å². The minimum Gasteiger partial charge on any atom is -0.460 e. The van der Waals surface area contributed by atoms with E-state index in [1.54, 1.807) is 13.8 Å². The molecule has 1 heterocycles. The molecule has 49 heavy (non-hydrogen) atoms. The highest BCUT2D eigenvalue weighted by molar-refractivity contribution is 5.96. The second-order valence-electron chi connectivity index (χ2n) is 13.4. The van der Waals surface area contributed by atoms with Gasteiger partial charge in [-0.25, -0.2) is 0 Å². The summed E-state index contributed by atoms with van der Waals surface area (Å²) in [4.78, 5) is 81.8. The highest BCUT2D eigenvalue weighted by atomic mass is 16.5. The number of aliphatic hydroxyl groups is 1. The first-order chi connectivity index (χ1) is 23.2. The average Bonchev–Trinajstić information content (AvgIpc) is 3.07. The van der Waals surface area contributed by atoms with Crippen molar-refractivity contribution in [3.05, 3.63) is 0 Å². The molecule has 0 aliphatic carbocycles. The molecule has 282 valence electrons. The molecule has 0 aromatic carbocycles. The smallest absolute Gasteiger partial charge is 0.325 e. The zero-order chi connectivity index (χ0) is 37.1. The minimum absolute atomic E-state index is 0.318. The number of cyclic esters (lactones) is 1. The molecule has 8 atom stereocenters. The number of hydrogen-bond acceptors (Lipinski definition) is 9. The molecular weight excluding hydrogens is 632 g/mol. The van der Waals surface area contributed by atoms with Crippen LogP contribution in [0.25, 0.3) is 0 Å². The van der Waals surface area contributed by atoms with Gasteiger partial charge in [-0.1, -0.05) is 92.4 Å². The highest BCUT2D eigenvalue weighted by Crippen LogP contribution is 2.21. The van der Waals surface area contributed by atoms with E-state index in [-0.39, 0.29) is 12.5 Å². The molecule has 14 nitrogen and oxygen atoms in total. The molecule has 1 saturated heterocycles. The lowest BCUT2D eigenvalue weighted by Gasteiger charge is -2.34. The van der Waals surface area contributed by atoms with E-state index in [1.165, 1.54) is 38.1 Å². The number of unbranched alkanes of at least 4 members (excludes halogenated alkanes) is 7. The molecule has 5 amide bonds. The first kappa shape index (κ1) is 43.8. The van der Waals surface area contributed by atoms with E-state index in [0.717, 1.165) is 25.7 Å². The summed E-state index contributed by atoms with van der Waals surface area (Å²) in [5, 5.41) is 20.5. The van der Waals surface area contributed by atoms with Crippen LogP contribution in [-0.4, -0.2) is 102 Å². The third-order valence-electron chi connectivity index (χ3n) is 9.38. The van der Waals surface area contributed by atoms with Crippen molar-refractivity contribution in [1.29, 1.82) is 0 Å². The molecule has 1 aliphatic heterocycles. The molecule has 0 saturated carbocycles. The average molecular weight is 697 g/mol. The standard InChI is InChI=1S/C35H64N6O8/c1-8-11-12-13-14-15-16-17-19-27-23(5)35(48)41(7)26(18-9-2)32(45)39-29(22(4)10-3)34(47)38-25(20-36)31(44)40-30(24(6)42)33(46)37-21-28(43)49-27/h22-27,29-30,42H,8-21,36H2,1-7H3,(H,37,46)(H,38,47)(H,39,45)(H,40,44)/t22-,23-,24+,25+,26+,27-,29+,30+/m1/s1. The van der Waals surface area contributed by atoms with Gasteiger partial charge in [0.15, 0.2) is 0 Å². The summed E-state index contributed by atoms with van der Waals surface area (Å²) >= 11 is 0. The van der Waals surface area contributed by atoms with Crippen LogP contribution in [0.15, 0.2) is 0 Å². The van der Waals surface area contributed by atoms with Crippen LogP contribution in [0.5, 0.6) is 0 Å². The van der Waals surface area contributed by atoms with Crippen LogP contribution in [-0.2, 0) is 33.5 Å². The maximum atomic E-state index is 13.9. The van der Waals surface area contributed by atoms with Gasteiger partial charge in [0.05, 0.1) is 12.0 Å². The molecule has 0 aromatic heterocycles. The monoisotopic (exact) mass is 696 g/mol. The van der Waals surface area contributed by atoms with Gasteiger partial charge < -0.3 is 41.7 Å². The number of aliphatic hydroxyl groups excluding tert-OH is 1. The van der Waals surface area contributed by atoms with Crippen LogP contribution in [0.2, 0.25) is 0 Å². The molecule has 1 fully saturated rings. The van der Waals surface area contributed by atoms with Gasteiger partial charge in [-0.2, -0.15) is 0 Å². The van der Waals surface area contributed by atoms with Crippen molar-refractivity contribution in [1.82, 2.24) is 26.2 Å². The number of esters is 1. The van der Waals surface area contributed by atoms with Gasteiger partial charge in [0.1, 0.15) is 36.8 Å². The molecule has 14 heteroatoms. The molecule has 0 radical (unpaired) electrons. The Hall–Kier alpha value is -3.26. The predicted octanol–water partition coefficient (Wildman–Crippen LogP) is 1.66. The number of carbonyl (C=O) groups is 6. The second-order valence-corrected chi connectivity index (χ2v) is 13.4. The number of rotatable bonds is 15. The van der Waals surface area contributed by atoms with Crippen LogP contribution in [0.1, 0.15) is 119 Å². The van der Waals surface area contributed by atoms with Gasteiger partial charge in [0, 0.05) is 13.6 Å². The Morgan fingerprint density at radius 3 is 1.94 bits per heavy atom. The van der Waals surface area contributed by atoms with Gasteiger partial charge >= 0.3 is 5.97 Å². The SMILES string of the molecule is CCCCCCCCCC[C@H]1OC(=O)CNC(=O)[C@H]([C@H](C)O)NC(=O)[C@H](CN)NC(=O)[C@H]([C@H](C)CC)NC(=O)[C@H](CCC)N(C)C(=O)[C@@H]1C. The Balaban J connectivity index is 3.45. The van der Waals surface area contributed by atoms with Crippen LogP contribution in [0.4, 0.5) is 0 Å². The third-order valence-corrected chi connectivity index (χ3v) is 9.38. The largest absolute Gasteiger partial charge is 0.460 e. The fraction of sp³-hybridized carbons (Fsp3) is 0.829. The van der Waals surface area contributed by atoms with Crippen LogP contribution in [0.3, 0.4) is 0 Å². The summed E-state index contributed by atoms with van der Waals surface area (Å²) in [5.74, 6) is -5.23. The number of hydrogen-bond donors (Lipinski definition) is 6. The summed E-state index contributed by atoms with van der Waals surface area (Å²) in [6, 6.07) is -4.75. The predicted molar refractivity (Wildman–Crippen MR) is 187 cm³/mol. The summed E-state index contributed by atoms with van der Waals surface area (Å²) in [7, 11) is 1.53. The molecule has 1 aliphatic rings. The van der Waals surface area contributed by atoms with Gasteiger partial charge in [-0.15, -0.1) is 0 Å². The number of likely N-dealkylation sites (N-methyl/N-ethyl adjacent to an activating group) is 1. The molecular formula is C35H64N6O8. The fourth-order valence-electron chi connectivity index (χ4n) is 5.88. The third kappa shape index (κ3) is 14.6.